The van der Waals surface area contributed by atoms with Gasteiger partial charge < -0.3 is 4.74 Å². The fourth-order valence-electron chi connectivity index (χ4n) is 2.10. The Morgan fingerprint density at radius 3 is 2.95 bits per heavy atom. The third-order valence-corrected chi connectivity index (χ3v) is 3.47. The van der Waals surface area contributed by atoms with Gasteiger partial charge in [-0.15, -0.1) is 0 Å². The summed E-state index contributed by atoms with van der Waals surface area (Å²) in [6.07, 6.45) is 3.89. The van der Waals surface area contributed by atoms with Gasteiger partial charge in [0.05, 0.1) is 31.3 Å². The molecule has 1 aliphatic rings. The number of hydrogen-bond acceptors (Lipinski definition) is 4. The number of hydrogen-bond donors (Lipinski definition) is 0. The van der Waals surface area contributed by atoms with Crippen molar-refractivity contribution in [2.45, 2.75) is 25.8 Å². The molecule has 1 fully saturated rings. The number of aryl methyl sites for hydroxylation is 1. The van der Waals surface area contributed by atoms with Crippen LogP contribution in [0.1, 0.15) is 19.3 Å². The van der Waals surface area contributed by atoms with Crippen molar-refractivity contribution in [2.75, 3.05) is 6.61 Å². The van der Waals surface area contributed by atoms with E-state index < -0.39 is 0 Å². The maximum absolute atomic E-state index is 11.7. The van der Waals surface area contributed by atoms with Crippen molar-refractivity contribution in [1.29, 1.82) is 0 Å². The SMILES string of the molecule is O=C(CCn1ncc(=O)c2ccccc21)OCC1CC1. The van der Waals surface area contributed by atoms with Gasteiger partial charge in [0.2, 0.25) is 5.43 Å². The molecule has 0 saturated heterocycles. The van der Waals surface area contributed by atoms with Crippen LogP contribution in [0.3, 0.4) is 0 Å². The first-order chi connectivity index (χ1) is 9.74. The number of aromatic nitrogens is 2. The van der Waals surface area contributed by atoms with Gasteiger partial charge in [0.25, 0.3) is 0 Å². The van der Waals surface area contributed by atoms with Crippen molar-refractivity contribution in [2.24, 2.45) is 5.92 Å². The van der Waals surface area contributed by atoms with Crippen molar-refractivity contribution in [3.05, 3.63) is 40.7 Å². The summed E-state index contributed by atoms with van der Waals surface area (Å²) >= 11 is 0. The average Bonchev–Trinajstić information content (AvgIpc) is 3.29. The molecule has 1 aliphatic carbocycles. The minimum atomic E-state index is -0.207. The van der Waals surface area contributed by atoms with Crippen LogP contribution in [0, 0.1) is 5.92 Å². The molecule has 0 atom stereocenters. The first-order valence-electron chi connectivity index (χ1n) is 6.84. The van der Waals surface area contributed by atoms with Crippen LogP contribution in [0.25, 0.3) is 10.9 Å². The van der Waals surface area contributed by atoms with E-state index in [1.807, 2.05) is 18.2 Å². The highest BCUT2D eigenvalue weighted by Gasteiger charge is 2.22. The molecule has 1 aromatic carbocycles. The topological polar surface area (TPSA) is 61.2 Å². The molecular weight excluding hydrogens is 256 g/mol. The summed E-state index contributed by atoms with van der Waals surface area (Å²) in [7, 11) is 0. The lowest BCUT2D eigenvalue weighted by Gasteiger charge is -2.09. The first kappa shape index (κ1) is 12.8. The molecule has 104 valence electrons. The van der Waals surface area contributed by atoms with Crippen LogP contribution in [-0.2, 0) is 16.1 Å². The summed E-state index contributed by atoms with van der Waals surface area (Å²) in [5, 5.41) is 4.70. The number of ether oxygens (including phenoxy) is 1. The predicted octanol–water partition coefficient (Wildman–Crippen LogP) is 1.74. The molecule has 0 bridgehead atoms. The third kappa shape index (κ3) is 2.87. The lowest BCUT2D eigenvalue weighted by molar-refractivity contribution is -0.144. The fourth-order valence-corrected chi connectivity index (χ4v) is 2.10. The number of benzene rings is 1. The molecule has 2 aromatic rings. The molecule has 0 amide bonds. The molecule has 20 heavy (non-hydrogen) atoms. The molecule has 5 nitrogen and oxygen atoms in total. The molecule has 3 rings (SSSR count). The minimum Gasteiger partial charge on any atom is -0.465 e. The Hall–Kier alpha value is -2.17. The van der Waals surface area contributed by atoms with Crippen LogP contribution in [0.2, 0.25) is 0 Å². The van der Waals surface area contributed by atoms with Gasteiger partial charge in [-0.3, -0.25) is 14.3 Å². The average molecular weight is 272 g/mol. The first-order valence-corrected chi connectivity index (χ1v) is 6.84. The van der Waals surface area contributed by atoms with Crippen molar-refractivity contribution in [3.8, 4) is 0 Å². The number of para-hydroxylation sites is 1. The van der Waals surface area contributed by atoms with E-state index in [0.29, 0.717) is 24.5 Å². The second-order valence-electron chi connectivity index (χ2n) is 5.13. The Kier molecular flexibility index (Phi) is 3.50. The second-order valence-corrected chi connectivity index (χ2v) is 5.13. The van der Waals surface area contributed by atoms with Gasteiger partial charge in [0.15, 0.2) is 0 Å². The summed E-state index contributed by atoms with van der Waals surface area (Å²) in [5.74, 6) is 0.367. The Balaban J connectivity index is 1.69. The van der Waals surface area contributed by atoms with Crippen LogP contribution in [0.15, 0.2) is 35.3 Å². The van der Waals surface area contributed by atoms with E-state index in [4.69, 9.17) is 4.74 Å². The standard InChI is InChI=1S/C15H16N2O3/c18-14-9-16-17(13-4-2-1-3-12(13)14)8-7-15(19)20-10-11-5-6-11/h1-4,9,11H,5-8,10H2. The van der Waals surface area contributed by atoms with Gasteiger partial charge in [-0.1, -0.05) is 12.1 Å². The summed E-state index contributed by atoms with van der Waals surface area (Å²) in [6.45, 7) is 0.960. The fraction of sp³-hybridized carbons (Fsp3) is 0.400. The molecule has 1 aromatic heterocycles. The predicted molar refractivity (Wildman–Crippen MR) is 74.3 cm³/mol. The molecule has 0 N–H and O–H groups in total. The number of rotatable bonds is 5. The van der Waals surface area contributed by atoms with E-state index in [1.54, 1.807) is 10.7 Å². The summed E-state index contributed by atoms with van der Waals surface area (Å²) < 4.78 is 6.86. The molecule has 0 spiro atoms. The smallest absolute Gasteiger partial charge is 0.307 e. The number of esters is 1. The van der Waals surface area contributed by atoms with Crippen LogP contribution >= 0.6 is 0 Å². The van der Waals surface area contributed by atoms with Gasteiger partial charge in [-0.2, -0.15) is 5.10 Å². The van der Waals surface area contributed by atoms with Crippen LogP contribution < -0.4 is 5.43 Å². The highest BCUT2D eigenvalue weighted by Crippen LogP contribution is 2.28. The van der Waals surface area contributed by atoms with Gasteiger partial charge in [-0.25, -0.2) is 0 Å². The lowest BCUT2D eigenvalue weighted by Crippen LogP contribution is -2.16. The zero-order chi connectivity index (χ0) is 13.9. The van der Waals surface area contributed by atoms with Crippen LogP contribution in [0.4, 0.5) is 0 Å². The van der Waals surface area contributed by atoms with Gasteiger partial charge in [0.1, 0.15) is 0 Å². The summed E-state index contributed by atoms with van der Waals surface area (Å²) in [6, 6.07) is 7.27. The summed E-state index contributed by atoms with van der Waals surface area (Å²) in [4.78, 5) is 23.3. The van der Waals surface area contributed by atoms with Crippen LogP contribution in [-0.4, -0.2) is 22.4 Å². The number of carbonyl (C=O) groups is 1. The van der Waals surface area contributed by atoms with Gasteiger partial charge >= 0.3 is 5.97 Å². The molecule has 0 radical (unpaired) electrons. The lowest BCUT2D eigenvalue weighted by atomic mass is 10.2. The highest BCUT2D eigenvalue weighted by molar-refractivity contribution is 5.78. The Morgan fingerprint density at radius 2 is 2.15 bits per heavy atom. The van der Waals surface area contributed by atoms with Crippen molar-refractivity contribution in [3.63, 3.8) is 0 Å². The zero-order valence-corrected chi connectivity index (χ0v) is 11.1. The number of nitrogens with zero attached hydrogens (tertiary/aromatic N) is 2. The number of carbonyl (C=O) groups excluding carboxylic acids is 1. The molecule has 0 unspecified atom stereocenters. The van der Waals surface area contributed by atoms with E-state index >= 15 is 0 Å². The Bertz CT molecular complexity index is 689. The zero-order valence-electron chi connectivity index (χ0n) is 11.1. The van der Waals surface area contributed by atoms with E-state index in [1.165, 1.54) is 19.0 Å². The molecule has 1 heterocycles. The molecule has 5 heteroatoms. The third-order valence-electron chi connectivity index (χ3n) is 3.47. The van der Waals surface area contributed by atoms with E-state index in [9.17, 15) is 9.59 Å². The maximum atomic E-state index is 11.7. The van der Waals surface area contributed by atoms with Crippen molar-refractivity contribution in [1.82, 2.24) is 9.78 Å². The second kappa shape index (κ2) is 5.45. The van der Waals surface area contributed by atoms with E-state index in [0.717, 1.165) is 5.52 Å². The minimum absolute atomic E-state index is 0.104. The molecular formula is C15H16N2O3. The van der Waals surface area contributed by atoms with E-state index in [2.05, 4.69) is 5.10 Å². The van der Waals surface area contributed by atoms with Crippen molar-refractivity contribution < 1.29 is 9.53 Å². The Morgan fingerprint density at radius 1 is 1.35 bits per heavy atom. The Labute approximate surface area is 116 Å². The molecule has 0 aliphatic heterocycles. The normalized spacial score (nSPS) is 14.4. The largest absolute Gasteiger partial charge is 0.465 e. The van der Waals surface area contributed by atoms with Crippen molar-refractivity contribution >= 4 is 16.9 Å². The molecule has 1 saturated carbocycles. The van der Waals surface area contributed by atoms with Gasteiger partial charge in [0, 0.05) is 5.39 Å². The summed E-state index contributed by atoms with van der Waals surface area (Å²) in [5.41, 5.74) is 0.642. The highest BCUT2D eigenvalue weighted by atomic mass is 16.5. The van der Waals surface area contributed by atoms with E-state index in [-0.39, 0.29) is 17.8 Å². The quantitative estimate of drug-likeness (QED) is 0.778. The van der Waals surface area contributed by atoms with Gasteiger partial charge in [-0.05, 0) is 30.9 Å². The van der Waals surface area contributed by atoms with Crippen LogP contribution in [0.5, 0.6) is 0 Å². The number of fused-ring (bicyclic) bond motifs is 1. The monoisotopic (exact) mass is 272 g/mol. The maximum Gasteiger partial charge on any atom is 0.307 e.